The summed E-state index contributed by atoms with van der Waals surface area (Å²) in [5.74, 6) is 1.04. The van der Waals surface area contributed by atoms with Gasteiger partial charge in [0.1, 0.15) is 5.76 Å². The summed E-state index contributed by atoms with van der Waals surface area (Å²) in [5, 5.41) is 3.52. The molecule has 2 heteroatoms. The number of unbranched alkanes of at least 4 members (excludes halogenated alkanes) is 9. The molecule has 1 N–H and O–H groups in total. The second-order valence-corrected chi connectivity index (χ2v) is 5.87. The maximum atomic E-state index is 5.38. The van der Waals surface area contributed by atoms with E-state index in [2.05, 4.69) is 19.2 Å². The summed E-state index contributed by atoms with van der Waals surface area (Å²) in [4.78, 5) is 0. The highest BCUT2D eigenvalue weighted by Crippen LogP contribution is 2.13. The summed E-state index contributed by atoms with van der Waals surface area (Å²) in [6, 6.07) is 4.33. The molecule has 0 aliphatic rings. The molecule has 1 rings (SSSR count). The Balaban J connectivity index is 1.81. The van der Waals surface area contributed by atoms with Crippen LogP contribution in [0.2, 0.25) is 0 Å². The molecule has 0 bridgehead atoms. The summed E-state index contributed by atoms with van der Waals surface area (Å²) in [7, 11) is 0. The summed E-state index contributed by atoms with van der Waals surface area (Å²) in [6.07, 6.45) is 15.7. The van der Waals surface area contributed by atoms with E-state index in [-0.39, 0.29) is 0 Å². The highest BCUT2D eigenvalue weighted by Gasteiger charge is 2.05. The van der Waals surface area contributed by atoms with Gasteiger partial charge in [-0.05, 0) is 32.0 Å². The molecule has 1 atom stereocenters. The summed E-state index contributed by atoms with van der Waals surface area (Å²) >= 11 is 0. The Bertz CT molecular complexity index is 294. The average molecular weight is 279 g/mol. The Morgan fingerprint density at radius 2 is 1.55 bits per heavy atom. The van der Waals surface area contributed by atoms with Crippen molar-refractivity contribution < 1.29 is 4.42 Å². The third-order valence-corrected chi connectivity index (χ3v) is 3.95. The monoisotopic (exact) mass is 279 g/mol. The van der Waals surface area contributed by atoms with Crippen LogP contribution in [0, 0.1) is 0 Å². The standard InChI is InChI=1S/C18H33NO/c1-3-4-5-6-7-8-9-10-11-12-15-19-17(2)18-14-13-16-20-18/h13-14,16-17,19H,3-12,15H2,1-2H3/t17-/m1/s1. The molecule has 0 amide bonds. The van der Waals surface area contributed by atoms with E-state index in [9.17, 15) is 0 Å². The first-order chi connectivity index (χ1) is 9.84. The summed E-state index contributed by atoms with van der Waals surface area (Å²) in [5.41, 5.74) is 0. The SMILES string of the molecule is CCCCCCCCCCCCN[C@H](C)c1ccco1. The van der Waals surface area contributed by atoms with Crippen LogP contribution in [-0.2, 0) is 0 Å². The number of hydrogen-bond donors (Lipinski definition) is 1. The molecule has 2 nitrogen and oxygen atoms in total. The van der Waals surface area contributed by atoms with Crippen LogP contribution < -0.4 is 5.32 Å². The molecule has 0 saturated carbocycles. The van der Waals surface area contributed by atoms with Gasteiger partial charge in [0.2, 0.25) is 0 Å². The van der Waals surface area contributed by atoms with Gasteiger partial charge in [0.15, 0.2) is 0 Å². The van der Waals surface area contributed by atoms with Crippen LogP contribution in [0.5, 0.6) is 0 Å². The Kier molecular flexibility index (Phi) is 10.4. The average Bonchev–Trinajstić information content (AvgIpc) is 2.99. The second-order valence-electron chi connectivity index (χ2n) is 5.87. The summed E-state index contributed by atoms with van der Waals surface area (Å²) in [6.45, 7) is 5.54. The van der Waals surface area contributed by atoms with Crippen molar-refractivity contribution >= 4 is 0 Å². The second kappa shape index (κ2) is 12.0. The van der Waals surface area contributed by atoms with Gasteiger partial charge >= 0.3 is 0 Å². The predicted molar refractivity (Wildman–Crippen MR) is 87.0 cm³/mol. The van der Waals surface area contributed by atoms with Gasteiger partial charge in [-0.2, -0.15) is 0 Å². The van der Waals surface area contributed by atoms with Crippen LogP contribution >= 0.6 is 0 Å². The van der Waals surface area contributed by atoms with Crippen LogP contribution in [0.15, 0.2) is 22.8 Å². The molecule has 0 aliphatic carbocycles. The van der Waals surface area contributed by atoms with Crippen LogP contribution in [-0.4, -0.2) is 6.54 Å². The lowest BCUT2D eigenvalue weighted by Gasteiger charge is -2.10. The maximum absolute atomic E-state index is 5.38. The zero-order valence-corrected chi connectivity index (χ0v) is 13.5. The third kappa shape index (κ3) is 8.42. The summed E-state index contributed by atoms with van der Waals surface area (Å²) < 4.78 is 5.38. The van der Waals surface area contributed by atoms with Gasteiger partial charge in [-0.1, -0.05) is 64.7 Å². The van der Waals surface area contributed by atoms with Crippen molar-refractivity contribution in [2.75, 3.05) is 6.54 Å². The van der Waals surface area contributed by atoms with E-state index in [4.69, 9.17) is 4.42 Å². The van der Waals surface area contributed by atoms with Crippen LogP contribution in [0.1, 0.15) is 89.9 Å². The van der Waals surface area contributed by atoms with E-state index in [1.54, 1.807) is 6.26 Å². The fraction of sp³-hybridized carbons (Fsp3) is 0.778. The van der Waals surface area contributed by atoms with Crippen molar-refractivity contribution in [2.24, 2.45) is 0 Å². The van der Waals surface area contributed by atoms with Crippen molar-refractivity contribution in [2.45, 2.75) is 84.1 Å². The molecule has 1 heterocycles. The van der Waals surface area contributed by atoms with Crippen LogP contribution in [0.3, 0.4) is 0 Å². The normalized spacial score (nSPS) is 12.7. The molecule has 1 aromatic rings. The maximum Gasteiger partial charge on any atom is 0.120 e. The minimum Gasteiger partial charge on any atom is -0.468 e. The number of hydrogen-bond acceptors (Lipinski definition) is 2. The van der Waals surface area contributed by atoms with E-state index in [1.165, 1.54) is 64.2 Å². The quantitative estimate of drug-likeness (QED) is 0.458. The molecule has 0 spiro atoms. The Hall–Kier alpha value is -0.760. The number of nitrogens with one attached hydrogen (secondary N) is 1. The van der Waals surface area contributed by atoms with Gasteiger partial charge in [-0.3, -0.25) is 0 Å². The lowest BCUT2D eigenvalue weighted by Crippen LogP contribution is -2.19. The minimum atomic E-state index is 0.337. The van der Waals surface area contributed by atoms with Crippen LogP contribution in [0.25, 0.3) is 0 Å². The zero-order chi connectivity index (χ0) is 14.5. The highest BCUT2D eigenvalue weighted by atomic mass is 16.3. The van der Waals surface area contributed by atoms with Gasteiger partial charge in [0.25, 0.3) is 0 Å². The Morgan fingerprint density at radius 3 is 2.10 bits per heavy atom. The minimum absolute atomic E-state index is 0.337. The van der Waals surface area contributed by atoms with Crippen molar-refractivity contribution in [3.63, 3.8) is 0 Å². The zero-order valence-electron chi connectivity index (χ0n) is 13.5. The van der Waals surface area contributed by atoms with E-state index in [0.29, 0.717) is 6.04 Å². The largest absolute Gasteiger partial charge is 0.468 e. The number of rotatable bonds is 13. The molecule has 20 heavy (non-hydrogen) atoms. The lowest BCUT2D eigenvalue weighted by atomic mass is 10.1. The first kappa shape index (κ1) is 17.3. The predicted octanol–water partition coefficient (Wildman–Crippen LogP) is 5.85. The topological polar surface area (TPSA) is 25.2 Å². The van der Waals surface area contributed by atoms with Gasteiger partial charge in [0.05, 0.1) is 12.3 Å². The molecule has 116 valence electrons. The first-order valence-electron chi connectivity index (χ1n) is 8.61. The third-order valence-electron chi connectivity index (χ3n) is 3.95. The highest BCUT2D eigenvalue weighted by molar-refractivity contribution is 5.02. The van der Waals surface area contributed by atoms with E-state index in [1.807, 2.05) is 12.1 Å². The van der Waals surface area contributed by atoms with Crippen molar-refractivity contribution in [3.05, 3.63) is 24.2 Å². The van der Waals surface area contributed by atoms with E-state index in [0.717, 1.165) is 12.3 Å². The van der Waals surface area contributed by atoms with Crippen molar-refractivity contribution in [1.82, 2.24) is 5.32 Å². The van der Waals surface area contributed by atoms with Gasteiger partial charge in [0, 0.05) is 0 Å². The van der Waals surface area contributed by atoms with E-state index < -0.39 is 0 Å². The Labute approximate surface area is 125 Å². The fourth-order valence-electron chi connectivity index (χ4n) is 2.57. The smallest absolute Gasteiger partial charge is 0.120 e. The molecule has 0 unspecified atom stereocenters. The molecule has 0 radical (unpaired) electrons. The first-order valence-corrected chi connectivity index (χ1v) is 8.61. The van der Waals surface area contributed by atoms with Gasteiger partial charge < -0.3 is 9.73 Å². The van der Waals surface area contributed by atoms with Crippen molar-refractivity contribution in [3.8, 4) is 0 Å². The lowest BCUT2D eigenvalue weighted by molar-refractivity contribution is 0.425. The molecule has 1 aromatic heterocycles. The fourth-order valence-corrected chi connectivity index (χ4v) is 2.57. The molecule has 0 saturated heterocycles. The van der Waals surface area contributed by atoms with E-state index >= 15 is 0 Å². The molecule has 0 aromatic carbocycles. The number of furan rings is 1. The molecule has 0 fully saturated rings. The van der Waals surface area contributed by atoms with Crippen LogP contribution in [0.4, 0.5) is 0 Å². The molecular formula is C18H33NO. The van der Waals surface area contributed by atoms with Crippen molar-refractivity contribution in [1.29, 1.82) is 0 Å². The Morgan fingerprint density at radius 1 is 0.950 bits per heavy atom. The van der Waals surface area contributed by atoms with Gasteiger partial charge in [-0.25, -0.2) is 0 Å². The molecule has 0 aliphatic heterocycles. The van der Waals surface area contributed by atoms with Gasteiger partial charge in [-0.15, -0.1) is 0 Å². The molecular weight excluding hydrogens is 246 g/mol.